The molecule has 1 atom stereocenters. The van der Waals surface area contributed by atoms with Crippen molar-refractivity contribution >= 4 is 23.8 Å². The molecular formula is C16H11NO7. The summed E-state index contributed by atoms with van der Waals surface area (Å²) in [5, 5.41) is 0. The molecule has 0 spiro atoms. The summed E-state index contributed by atoms with van der Waals surface area (Å²) in [6.45, 7) is 0. The molecule has 1 aromatic carbocycles. The smallest absolute Gasteiger partial charge is 0.358 e. The number of hydrogen-bond donors (Lipinski definition) is 0. The molecular weight excluding hydrogens is 318 g/mol. The number of nitrogens with zero attached hydrogens (tertiary/aromatic N) is 1. The van der Waals surface area contributed by atoms with Crippen LogP contribution in [0.1, 0.15) is 20.7 Å². The first-order valence-corrected chi connectivity index (χ1v) is 6.83. The number of cyclic esters (lactones) is 1. The topological polar surface area (TPSA) is 99.2 Å². The fourth-order valence-electron chi connectivity index (χ4n) is 2.26. The number of benzene rings is 1. The van der Waals surface area contributed by atoms with Gasteiger partial charge in [0.1, 0.15) is 6.26 Å². The van der Waals surface area contributed by atoms with Crippen LogP contribution in [0.4, 0.5) is 0 Å². The van der Waals surface area contributed by atoms with Gasteiger partial charge in [-0.25, -0.2) is 14.5 Å². The Balaban J connectivity index is 1.91. The van der Waals surface area contributed by atoms with Crippen molar-refractivity contribution < 1.29 is 33.4 Å². The average Bonchev–Trinajstić information content (AvgIpc) is 3.11. The Hall–Kier alpha value is -3.42. The highest BCUT2D eigenvalue weighted by molar-refractivity contribution is 6.24. The summed E-state index contributed by atoms with van der Waals surface area (Å²) < 4.78 is 14.5. The van der Waals surface area contributed by atoms with E-state index in [1.54, 1.807) is 12.1 Å². The Labute approximate surface area is 135 Å². The highest BCUT2D eigenvalue weighted by Crippen LogP contribution is 2.26. The van der Waals surface area contributed by atoms with Crippen LogP contribution in [0.25, 0.3) is 0 Å². The largest absolute Gasteiger partial charge is 0.464 e. The maximum absolute atomic E-state index is 12.4. The van der Waals surface area contributed by atoms with Crippen LogP contribution < -0.4 is 0 Å². The van der Waals surface area contributed by atoms with Gasteiger partial charge in [-0.05, 0) is 12.1 Å². The molecule has 0 bridgehead atoms. The molecule has 0 N–H and O–H groups in total. The molecule has 2 aliphatic heterocycles. The minimum Gasteiger partial charge on any atom is -0.464 e. The molecule has 2 aliphatic rings. The zero-order valence-corrected chi connectivity index (χ0v) is 12.4. The third-order valence-electron chi connectivity index (χ3n) is 3.37. The molecule has 0 fully saturated rings. The van der Waals surface area contributed by atoms with E-state index in [2.05, 4.69) is 4.74 Å². The maximum atomic E-state index is 12.4. The molecule has 122 valence electrons. The van der Waals surface area contributed by atoms with E-state index < -0.39 is 35.7 Å². The van der Waals surface area contributed by atoms with E-state index in [4.69, 9.17) is 9.47 Å². The van der Waals surface area contributed by atoms with Crippen molar-refractivity contribution in [1.29, 1.82) is 0 Å². The van der Waals surface area contributed by atoms with Gasteiger partial charge in [-0.2, -0.15) is 0 Å². The Morgan fingerprint density at radius 2 is 1.79 bits per heavy atom. The zero-order valence-electron chi connectivity index (χ0n) is 12.4. The SMILES string of the molecule is COC(=O)/C(=C/OC1C=CC(=O)O1)N1C(=O)c2ccccc2C1=O. The second-order valence-corrected chi connectivity index (χ2v) is 4.79. The van der Waals surface area contributed by atoms with Crippen LogP contribution in [0.5, 0.6) is 0 Å². The lowest BCUT2D eigenvalue weighted by molar-refractivity contribution is -0.151. The third kappa shape index (κ3) is 2.54. The van der Waals surface area contributed by atoms with Crippen molar-refractivity contribution in [3.8, 4) is 0 Å². The van der Waals surface area contributed by atoms with Crippen molar-refractivity contribution in [2.45, 2.75) is 6.29 Å². The first kappa shape index (κ1) is 15.5. The van der Waals surface area contributed by atoms with Crippen LogP contribution in [0.2, 0.25) is 0 Å². The minimum atomic E-state index is -1.05. The van der Waals surface area contributed by atoms with Crippen molar-refractivity contribution in [1.82, 2.24) is 4.90 Å². The maximum Gasteiger partial charge on any atom is 0.358 e. The average molecular weight is 329 g/mol. The van der Waals surface area contributed by atoms with E-state index in [1.807, 2.05) is 0 Å². The Kier molecular flexibility index (Phi) is 3.87. The molecule has 8 nitrogen and oxygen atoms in total. The number of carbonyl (C=O) groups excluding carboxylic acids is 4. The molecule has 0 aromatic heterocycles. The lowest BCUT2D eigenvalue weighted by Crippen LogP contribution is -2.34. The monoisotopic (exact) mass is 329 g/mol. The highest BCUT2D eigenvalue weighted by Gasteiger charge is 2.40. The van der Waals surface area contributed by atoms with Crippen molar-refractivity contribution in [2.24, 2.45) is 0 Å². The summed E-state index contributed by atoms with van der Waals surface area (Å²) in [5.74, 6) is -2.89. The van der Waals surface area contributed by atoms with Gasteiger partial charge < -0.3 is 14.2 Å². The number of imide groups is 1. The van der Waals surface area contributed by atoms with Gasteiger partial charge in [-0.15, -0.1) is 0 Å². The van der Waals surface area contributed by atoms with Gasteiger partial charge >= 0.3 is 11.9 Å². The molecule has 8 heteroatoms. The van der Waals surface area contributed by atoms with Crippen LogP contribution in [-0.2, 0) is 23.8 Å². The Morgan fingerprint density at radius 3 is 2.29 bits per heavy atom. The molecule has 0 saturated heterocycles. The van der Waals surface area contributed by atoms with Gasteiger partial charge in [0, 0.05) is 12.2 Å². The van der Waals surface area contributed by atoms with E-state index in [1.165, 1.54) is 18.2 Å². The van der Waals surface area contributed by atoms with Crippen LogP contribution >= 0.6 is 0 Å². The molecule has 2 amide bonds. The molecule has 0 radical (unpaired) electrons. The number of ether oxygens (including phenoxy) is 3. The first-order valence-electron chi connectivity index (χ1n) is 6.83. The summed E-state index contributed by atoms with van der Waals surface area (Å²) in [7, 11) is 1.10. The number of amides is 2. The lowest BCUT2D eigenvalue weighted by Gasteiger charge is -2.16. The van der Waals surface area contributed by atoms with E-state index >= 15 is 0 Å². The number of fused-ring (bicyclic) bond motifs is 1. The molecule has 24 heavy (non-hydrogen) atoms. The Morgan fingerprint density at radius 1 is 1.17 bits per heavy atom. The fraction of sp³-hybridized carbons (Fsp3) is 0.125. The number of rotatable bonds is 4. The zero-order chi connectivity index (χ0) is 17.3. The van der Waals surface area contributed by atoms with E-state index in [-0.39, 0.29) is 11.1 Å². The standard InChI is InChI=1S/C16H11NO7/c1-22-16(21)11(8-23-13-7-6-12(18)24-13)17-14(19)9-4-2-3-5-10(9)15(17)20/h2-8,13H,1H3/b11-8-. The minimum absolute atomic E-state index is 0.171. The van der Waals surface area contributed by atoms with Gasteiger partial charge in [0.05, 0.1) is 18.2 Å². The third-order valence-corrected chi connectivity index (χ3v) is 3.37. The molecule has 1 aromatic rings. The normalized spacial score (nSPS) is 19.4. The number of methoxy groups -OCH3 is 1. The molecule has 1 unspecified atom stereocenters. The number of carbonyl (C=O) groups is 4. The molecule has 0 saturated carbocycles. The summed E-state index contributed by atoms with van der Waals surface area (Å²) in [5.41, 5.74) is -0.0750. The lowest BCUT2D eigenvalue weighted by atomic mass is 10.1. The van der Waals surface area contributed by atoms with Gasteiger partial charge in [0.15, 0.2) is 5.70 Å². The predicted molar refractivity (Wildman–Crippen MR) is 77.1 cm³/mol. The summed E-state index contributed by atoms with van der Waals surface area (Å²) in [4.78, 5) is 48.4. The van der Waals surface area contributed by atoms with Gasteiger partial charge in [-0.3, -0.25) is 9.59 Å². The first-order chi connectivity index (χ1) is 11.5. The van der Waals surface area contributed by atoms with Crippen LogP contribution in [0.3, 0.4) is 0 Å². The van der Waals surface area contributed by atoms with E-state index in [0.29, 0.717) is 4.90 Å². The van der Waals surface area contributed by atoms with E-state index in [9.17, 15) is 19.2 Å². The second-order valence-electron chi connectivity index (χ2n) is 4.79. The van der Waals surface area contributed by atoms with Crippen LogP contribution in [0.15, 0.2) is 48.4 Å². The van der Waals surface area contributed by atoms with Gasteiger partial charge in [0.25, 0.3) is 18.1 Å². The predicted octanol–water partition coefficient (Wildman–Crippen LogP) is 0.753. The fourth-order valence-corrected chi connectivity index (χ4v) is 2.26. The summed E-state index contributed by atoms with van der Waals surface area (Å²) >= 11 is 0. The summed E-state index contributed by atoms with van der Waals surface area (Å²) in [6, 6.07) is 6.17. The highest BCUT2D eigenvalue weighted by atomic mass is 16.7. The van der Waals surface area contributed by atoms with Crippen LogP contribution in [-0.4, -0.2) is 42.1 Å². The van der Waals surface area contributed by atoms with E-state index in [0.717, 1.165) is 19.4 Å². The molecule has 2 heterocycles. The number of esters is 2. The molecule has 0 aliphatic carbocycles. The molecule has 3 rings (SSSR count). The van der Waals surface area contributed by atoms with Crippen molar-refractivity contribution in [3.63, 3.8) is 0 Å². The van der Waals surface area contributed by atoms with Gasteiger partial charge in [-0.1, -0.05) is 12.1 Å². The quantitative estimate of drug-likeness (QED) is 0.348. The van der Waals surface area contributed by atoms with Crippen molar-refractivity contribution in [3.05, 3.63) is 59.5 Å². The van der Waals surface area contributed by atoms with Gasteiger partial charge in [0.2, 0.25) is 0 Å². The summed E-state index contributed by atoms with van der Waals surface area (Å²) in [6.07, 6.45) is 2.28. The number of hydrogen-bond acceptors (Lipinski definition) is 7. The Bertz CT molecular complexity index is 773. The van der Waals surface area contributed by atoms with Crippen molar-refractivity contribution in [2.75, 3.05) is 7.11 Å². The van der Waals surface area contributed by atoms with Crippen LogP contribution in [0, 0.1) is 0 Å². The second kappa shape index (κ2) is 5.99.